The van der Waals surface area contributed by atoms with Crippen LogP contribution >= 0.6 is 0 Å². The molecule has 0 spiro atoms. The predicted molar refractivity (Wildman–Crippen MR) is 107 cm³/mol. The van der Waals surface area contributed by atoms with Crippen molar-refractivity contribution in [1.82, 2.24) is 0 Å². The number of benzene rings is 3. The summed E-state index contributed by atoms with van der Waals surface area (Å²) >= 11 is 0. The summed E-state index contributed by atoms with van der Waals surface area (Å²) in [6, 6.07) is 18.3. The van der Waals surface area contributed by atoms with E-state index in [4.69, 9.17) is 9.47 Å². The van der Waals surface area contributed by atoms with Gasteiger partial charge in [-0.1, -0.05) is 18.2 Å². The van der Waals surface area contributed by atoms with Gasteiger partial charge < -0.3 is 9.47 Å². The molecule has 0 aliphatic rings. The quantitative estimate of drug-likeness (QED) is 0.262. The van der Waals surface area contributed by atoms with Crippen LogP contribution in [0.15, 0.2) is 87.2 Å². The lowest BCUT2D eigenvalue weighted by molar-refractivity contribution is -0.384. The van der Waals surface area contributed by atoms with Gasteiger partial charge in [0, 0.05) is 24.3 Å². The molecule has 0 N–H and O–H groups in total. The van der Waals surface area contributed by atoms with Crippen molar-refractivity contribution < 1.29 is 14.4 Å². The highest BCUT2D eigenvalue weighted by atomic mass is 16.6. The van der Waals surface area contributed by atoms with Crippen LogP contribution < -0.4 is 9.47 Å². The minimum absolute atomic E-state index is 0.0173. The van der Waals surface area contributed by atoms with Gasteiger partial charge in [0.1, 0.15) is 22.9 Å². The number of nitro groups is 1. The molecule has 0 aromatic heterocycles. The first-order chi connectivity index (χ1) is 14.1. The van der Waals surface area contributed by atoms with Gasteiger partial charge in [-0.25, -0.2) is 0 Å². The van der Waals surface area contributed by atoms with Crippen LogP contribution in [-0.4, -0.2) is 19.1 Å². The van der Waals surface area contributed by atoms with E-state index < -0.39 is 4.92 Å². The first-order valence-corrected chi connectivity index (χ1v) is 8.49. The van der Waals surface area contributed by atoms with Gasteiger partial charge >= 0.3 is 0 Å². The molecule has 0 amide bonds. The Morgan fingerprint density at radius 2 is 1.21 bits per heavy atom. The van der Waals surface area contributed by atoms with Crippen LogP contribution in [0.4, 0.5) is 28.4 Å². The van der Waals surface area contributed by atoms with E-state index in [0.717, 1.165) is 0 Å². The largest absolute Gasteiger partial charge is 0.494 e. The second-order valence-corrected chi connectivity index (χ2v) is 5.70. The standard InChI is InChI=1S/C20H17N5O4/c1-28-19-13-18(24-22-15-8-10-16(11-9-15)25(26)27)20(29-2)12-17(19)23-21-14-6-4-3-5-7-14/h3-13H,1-2H3. The van der Waals surface area contributed by atoms with Gasteiger partial charge in [0.05, 0.1) is 30.5 Å². The van der Waals surface area contributed by atoms with Crippen molar-refractivity contribution in [2.75, 3.05) is 14.2 Å². The number of methoxy groups -OCH3 is 2. The number of rotatable bonds is 7. The summed E-state index contributed by atoms with van der Waals surface area (Å²) in [5.74, 6) is 0.876. The highest BCUT2D eigenvalue weighted by Gasteiger charge is 2.11. The summed E-state index contributed by atoms with van der Waals surface area (Å²) < 4.78 is 10.8. The summed E-state index contributed by atoms with van der Waals surface area (Å²) in [6.07, 6.45) is 0. The fourth-order valence-corrected chi connectivity index (χ4v) is 2.38. The average Bonchev–Trinajstić information content (AvgIpc) is 2.77. The molecule has 3 aromatic carbocycles. The molecule has 29 heavy (non-hydrogen) atoms. The number of nitrogens with zero attached hydrogens (tertiary/aromatic N) is 5. The van der Waals surface area contributed by atoms with Crippen LogP contribution in [0.1, 0.15) is 0 Å². The van der Waals surface area contributed by atoms with Gasteiger partial charge in [-0.3, -0.25) is 10.1 Å². The number of hydrogen-bond acceptors (Lipinski definition) is 8. The Labute approximate surface area is 166 Å². The number of nitro benzene ring substituents is 1. The lowest BCUT2D eigenvalue weighted by atomic mass is 10.2. The molecule has 3 rings (SSSR count). The topological polar surface area (TPSA) is 111 Å². The van der Waals surface area contributed by atoms with E-state index in [-0.39, 0.29) is 5.69 Å². The molecule has 3 aromatic rings. The van der Waals surface area contributed by atoms with Crippen molar-refractivity contribution in [2.24, 2.45) is 20.5 Å². The molecule has 9 heteroatoms. The van der Waals surface area contributed by atoms with Gasteiger partial charge in [0.15, 0.2) is 0 Å². The molecule has 0 heterocycles. The number of hydrogen-bond donors (Lipinski definition) is 0. The fraction of sp³-hybridized carbons (Fsp3) is 0.100. The van der Waals surface area contributed by atoms with Crippen LogP contribution in [0.2, 0.25) is 0 Å². The first kappa shape index (κ1) is 19.6. The van der Waals surface area contributed by atoms with Crippen LogP contribution in [0.25, 0.3) is 0 Å². The molecule has 0 bridgehead atoms. The highest BCUT2D eigenvalue weighted by molar-refractivity contribution is 5.66. The molecule has 0 aliphatic heterocycles. The second kappa shape index (κ2) is 9.18. The fourth-order valence-electron chi connectivity index (χ4n) is 2.38. The van der Waals surface area contributed by atoms with E-state index in [1.165, 1.54) is 38.5 Å². The SMILES string of the molecule is COc1cc(N=Nc2ccc([N+](=O)[O-])cc2)c(OC)cc1N=Nc1ccccc1. The Kier molecular flexibility index (Phi) is 6.21. The third kappa shape index (κ3) is 4.98. The van der Waals surface area contributed by atoms with E-state index in [1.54, 1.807) is 12.1 Å². The minimum atomic E-state index is -0.475. The van der Waals surface area contributed by atoms with Gasteiger partial charge in [-0.05, 0) is 24.3 Å². The van der Waals surface area contributed by atoms with Crippen molar-refractivity contribution >= 4 is 28.4 Å². The van der Waals surface area contributed by atoms with E-state index in [1.807, 2.05) is 30.3 Å². The van der Waals surface area contributed by atoms with Gasteiger partial charge in [-0.2, -0.15) is 10.2 Å². The van der Waals surface area contributed by atoms with E-state index in [0.29, 0.717) is 34.2 Å². The Balaban J connectivity index is 1.89. The zero-order valence-corrected chi connectivity index (χ0v) is 15.7. The third-order valence-electron chi connectivity index (χ3n) is 3.84. The molecule has 146 valence electrons. The maximum atomic E-state index is 10.7. The van der Waals surface area contributed by atoms with Gasteiger partial charge in [-0.15, -0.1) is 10.2 Å². The van der Waals surface area contributed by atoms with Crippen molar-refractivity contribution in [3.63, 3.8) is 0 Å². The van der Waals surface area contributed by atoms with E-state index in [2.05, 4.69) is 20.5 Å². The monoisotopic (exact) mass is 391 g/mol. The molecule has 0 radical (unpaired) electrons. The predicted octanol–water partition coefficient (Wildman–Crippen LogP) is 6.44. The van der Waals surface area contributed by atoms with Crippen molar-refractivity contribution in [2.45, 2.75) is 0 Å². The zero-order chi connectivity index (χ0) is 20.6. The highest BCUT2D eigenvalue weighted by Crippen LogP contribution is 2.40. The summed E-state index contributed by atoms with van der Waals surface area (Å²) in [4.78, 5) is 10.3. The molecule has 0 saturated carbocycles. The summed E-state index contributed by atoms with van der Waals surface area (Å²) in [7, 11) is 3.02. The Morgan fingerprint density at radius 1 is 0.724 bits per heavy atom. The van der Waals surface area contributed by atoms with Crippen LogP contribution in [0, 0.1) is 10.1 Å². The number of non-ortho nitro benzene ring substituents is 1. The average molecular weight is 391 g/mol. The van der Waals surface area contributed by atoms with Crippen LogP contribution in [0.5, 0.6) is 11.5 Å². The lowest BCUT2D eigenvalue weighted by Gasteiger charge is -2.09. The first-order valence-electron chi connectivity index (χ1n) is 8.49. The Bertz CT molecular complexity index is 1050. The lowest BCUT2D eigenvalue weighted by Crippen LogP contribution is -1.88. The van der Waals surface area contributed by atoms with Crippen LogP contribution in [-0.2, 0) is 0 Å². The van der Waals surface area contributed by atoms with Gasteiger partial charge in [0.2, 0.25) is 0 Å². The zero-order valence-electron chi connectivity index (χ0n) is 15.7. The van der Waals surface area contributed by atoms with Crippen molar-refractivity contribution in [3.8, 4) is 11.5 Å². The van der Waals surface area contributed by atoms with Gasteiger partial charge in [0.25, 0.3) is 5.69 Å². The van der Waals surface area contributed by atoms with E-state index >= 15 is 0 Å². The summed E-state index contributed by atoms with van der Waals surface area (Å²) in [5, 5.41) is 27.4. The van der Waals surface area contributed by atoms with Crippen LogP contribution in [0.3, 0.4) is 0 Å². The maximum Gasteiger partial charge on any atom is 0.269 e. The molecular formula is C20H17N5O4. The maximum absolute atomic E-state index is 10.7. The smallest absolute Gasteiger partial charge is 0.269 e. The molecule has 0 fully saturated rings. The molecular weight excluding hydrogens is 374 g/mol. The number of ether oxygens (including phenoxy) is 2. The molecule has 0 aliphatic carbocycles. The molecule has 0 unspecified atom stereocenters. The second-order valence-electron chi connectivity index (χ2n) is 5.70. The molecule has 9 nitrogen and oxygen atoms in total. The van der Waals surface area contributed by atoms with E-state index in [9.17, 15) is 10.1 Å². The minimum Gasteiger partial charge on any atom is -0.494 e. The molecule has 0 atom stereocenters. The van der Waals surface area contributed by atoms with Crippen molar-refractivity contribution in [1.29, 1.82) is 0 Å². The normalized spacial score (nSPS) is 11.1. The Morgan fingerprint density at radius 3 is 1.66 bits per heavy atom. The Hall–Kier alpha value is -4.14. The third-order valence-corrected chi connectivity index (χ3v) is 3.84. The number of azo groups is 2. The summed E-state index contributed by atoms with van der Waals surface area (Å²) in [5.41, 5.74) is 2.04. The van der Waals surface area contributed by atoms with Crippen molar-refractivity contribution in [3.05, 3.63) is 76.8 Å². The molecule has 0 saturated heterocycles. The summed E-state index contributed by atoms with van der Waals surface area (Å²) in [6.45, 7) is 0.